The Morgan fingerprint density at radius 3 is 2.46 bits per heavy atom. The van der Waals surface area contributed by atoms with Crippen LogP contribution in [0.4, 0.5) is 27.7 Å². The second-order valence-electron chi connectivity index (χ2n) is 12.9. The molecule has 7 N–H and O–H groups in total. The maximum Gasteiger partial charge on any atom is 0.324 e. The van der Waals surface area contributed by atoms with Gasteiger partial charge in [0.1, 0.15) is 23.2 Å². The fourth-order valence-electron chi connectivity index (χ4n) is 5.78. The van der Waals surface area contributed by atoms with Gasteiger partial charge in [0.2, 0.25) is 0 Å². The summed E-state index contributed by atoms with van der Waals surface area (Å²) < 4.78 is 9.31. The van der Waals surface area contributed by atoms with Crippen molar-refractivity contribution in [2.24, 2.45) is 4.99 Å². The van der Waals surface area contributed by atoms with E-state index < -0.39 is 6.03 Å². The lowest BCUT2D eigenvalue weighted by Gasteiger charge is -2.15. The highest BCUT2D eigenvalue weighted by Gasteiger charge is 2.17. The Labute approximate surface area is 324 Å². The molecule has 13 heteroatoms. The quantitative estimate of drug-likeness (QED) is 0.0298. The Bertz CT molecular complexity index is 2530. The number of carbonyl (C=O) groups excluding carboxylic acids is 1. The van der Waals surface area contributed by atoms with Crippen LogP contribution in [-0.4, -0.2) is 44.1 Å². The van der Waals surface area contributed by atoms with Crippen molar-refractivity contribution in [3.63, 3.8) is 0 Å². The second-order valence-corrected chi connectivity index (χ2v) is 12.9. The van der Waals surface area contributed by atoms with Crippen molar-refractivity contribution in [1.29, 1.82) is 5.41 Å². The van der Waals surface area contributed by atoms with Crippen molar-refractivity contribution in [2.45, 2.75) is 33.7 Å². The van der Waals surface area contributed by atoms with Crippen LogP contribution in [0.1, 0.15) is 32.8 Å². The summed E-state index contributed by atoms with van der Waals surface area (Å²) in [6.07, 6.45) is 7.23. The summed E-state index contributed by atoms with van der Waals surface area (Å²) in [5, 5.41) is 32.6. The van der Waals surface area contributed by atoms with E-state index in [2.05, 4.69) is 27.9 Å². The van der Waals surface area contributed by atoms with Gasteiger partial charge in [-0.25, -0.2) is 14.5 Å². The van der Waals surface area contributed by atoms with Gasteiger partial charge in [-0.15, -0.1) is 0 Å². The van der Waals surface area contributed by atoms with Crippen LogP contribution in [0.3, 0.4) is 0 Å². The maximum absolute atomic E-state index is 13.7. The smallest absolute Gasteiger partial charge is 0.324 e. The van der Waals surface area contributed by atoms with Gasteiger partial charge >= 0.3 is 6.03 Å². The fourth-order valence-corrected chi connectivity index (χ4v) is 5.78. The Kier molecular flexibility index (Phi) is 12.2. The molecule has 0 radical (unpaired) electrons. The number of aliphatic hydroxyl groups is 1. The number of carbonyl (C=O) groups is 1. The Balaban J connectivity index is 1.26. The average molecular weight is 750 g/mol. The number of pyridine rings is 1. The molecule has 0 fully saturated rings. The summed E-state index contributed by atoms with van der Waals surface area (Å²) in [5.74, 6) is 2.01. The first-order valence-electron chi connectivity index (χ1n) is 18.0. The maximum atomic E-state index is 13.7. The molecule has 56 heavy (non-hydrogen) atoms. The zero-order valence-electron chi connectivity index (χ0n) is 31.3. The number of nitrogens with one attached hydrogen (secondary N) is 4. The predicted octanol–water partition coefficient (Wildman–Crippen LogP) is 8.18. The summed E-state index contributed by atoms with van der Waals surface area (Å²) in [4.78, 5) is 30.7. The third-order valence-electron chi connectivity index (χ3n) is 8.81. The molecule has 0 saturated carbocycles. The molecule has 0 aliphatic heterocycles. The third kappa shape index (κ3) is 9.27. The number of anilines is 4. The number of fused-ring (bicyclic) bond motifs is 1. The van der Waals surface area contributed by atoms with E-state index in [0.29, 0.717) is 57.2 Å². The first-order chi connectivity index (χ1) is 27.1. The van der Waals surface area contributed by atoms with E-state index in [4.69, 9.17) is 21.0 Å². The lowest BCUT2D eigenvalue weighted by molar-refractivity contribution is 0.262. The number of allylic oxidation sites excluding steroid dienone is 2. The van der Waals surface area contributed by atoms with E-state index >= 15 is 0 Å². The van der Waals surface area contributed by atoms with Crippen molar-refractivity contribution in [3.05, 3.63) is 149 Å². The van der Waals surface area contributed by atoms with Gasteiger partial charge < -0.3 is 36.2 Å². The van der Waals surface area contributed by atoms with Crippen molar-refractivity contribution in [1.82, 2.24) is 14.3 Å². The van der Waals surface area contributed by atoms with Crippen molar-refractivity contribution in [2.75, 3.05) is 28.3 Å². The number of urea groups is 1. The van der Waals surface area contributed by atoms with Crippen molar-refractivity contribution >= 4 is 51.7 Å². The second kappa shape index (κ2) is 17.7. The number of nitrogens with zero attached hydrogens (tertiary/aromatic N) is 4. The van der Waals surface area contributed by atoms with Crippen LogP contribution < -0.4 is 32.0 Å². The van der Waals surface area contributed by atoms with Gasteiger partial charge in [0, 0.05) is 76.6 Å². The standard InChI is InChI=1S/C43H43N9O4/c1-4-28(2)26-46-40(47-32-14-16-36(45)31(23-32)25-44)22-29(3)56-39-18-17-37(34-12-8-9-13-35(34)39)48-43(55)49-41-24-38(30-10-6-5-7-11-30)50-52(41)33-15-19-42(54)51(27-33)20-21-53/h5-19,22-27,44,53H,4,20-21,45H2,1-3H3,(H,46,47)(H2,48,49,55). The average Bonchev–Trinajstić information content (AvgIpc) is 3.63. The van der Waals surface area contributed by atoms with Crippen LogP contribution >= 0.6 is 0 Å². The van der Waals surface area contributed by atoms with E-state index in [0.717, 1.165) is 28.3 Å². The molecule has 284 valence electrons. The lowest BCUT2D eigenvalue weighted by atomic mass is 10.1. The monoisotopic (exact) mass is 749 g/mol. The lowest BCUT2D eigenvalue weighted by Crippen LogP contribution is -2.23. The number of hydrogen-bond acceptors (Lipinski definition) is 8. The highest BCUT2D eigenvalue weighted by atomic mass is 16.5. The van der Waals surface area contributed by atoms with Crippen LogP contribution in [0.15, 0.2) is 143 Å². The Morgan fingerprint density at radius 2 is 1.71 bits per heavy atom. The van der Waals surface area contributed by atoms with Gasteiger partial charge in [0.15, 0.2) is 0 Å². The SMILES string of the molecule is CCC(C)=CN=C(C=C(C)Oc1ccc(NC(=O)Nc2cc(-c3ccccc3)nn2-c2ccc(=O)n(CCO)c2)c2ccccc12)Nc1ccc(N)c(C=N)c1. The summed E-state index contributed by atoms with van der Waals surface area (Å²) in [6, 6.07) is 30.3. The Morgan fingerprint density at radius 1 is 0.946 bits per heavy atom. The number of amidine groups is 1. The zero-order chi connectivity index (χ0) is 39.6. The fraction of sp³-hybridized carbons (Fsp3) is 0.140. The van der Waals surface area contributed by atoms with Gasteiger partial charge in [0.25, 0.3) is 5.56 Å². The number of benzene rings is 4. The van der Waals surface area contributed by atoms with Gasteiger partial charge in [-0.2, -0.15) is 5.10 Å². The van der Waals surface area contributed by atoms with E-state index in [9.17, 15) is 14.7 Å². The van der Waals surface area contributed by atoms with Gasteiger partial charge in [-0.05, 0) is 56.7 Å². The molecule has 0 atom stereocenters. The number of aliphatic hydroxyl groups excluding tert-OH is 1. The van der Waals surface area contributed by atoms with E-state index in [1.807, 2.05) is 74.5 Å². The van der Waals surface area contributed by atoms with Gasteiger partial charge in [0.05, 0.1) is 23.7 Å². The number of nitrogens with two attached hydrogens (primary N) is 1. The molecule has 4 aromatic carbocycles. The van der Waals surface area contributed by atoms with Crippen LogP contribution in [0.2, 0.25) is 0 Å². The summed E-state index contributed by atoms with van der Waals surface area (Å²) >= 11 is 0. The third-order valence-corrected chi connectivity index (χ3v) is 8.81. The molecular formula is C43H43N9O4. The topological polar surface area (TPSA) is 185 Å². The number of hydrogen-bond donors (Lipinski definition) is 6. The number of rotatable bonds is 13. The minimum atomic E-state index is -0.513. The molecule has 0 unspecified atom stereocenters. The van der Waals surface area contributed by atoms with Gasteiger partial charge in [-0.3, -0.25) is 10.1 Å². The molecule has 2 amide bonds. The van der Waals surface area contributed by atoms with E-state index in [-0.39, 0.29) is 18.7 Å². The highest BCUT2D eigenvalue weighted by Crippen LogP contribution is 2.33. The van der Waals surface area contributed by atoms with E-state index in [1.165, 1.54) is 16.8 Å². The summed E-state index contributed by atoms with van der Waals surface area (Å²) in [7, 11) is 0. The molecular weight excluding hydrogens is 707 g/mol. The molecule has 0 spiro atoms. The number of aliphatic imine (C=N–C) groups is 1. The number of ether oxygens (including phenoxy) is 1. The van der Waals surface area contributed by atoms with E-state index in [1.54, 1.807) is 59.6 Å². The first kappa shape index (κ1) is 38.5. The molecule has 0 aliphatic carbocycles. The first-order valence-corrected chi connectivity index (χ1v) is 18.0. The number of nitrogen functional groups attached to an aromatic ring is 1. The molecule has 13 nitrogen and oxygen atoms in total. The predicted molar refractivity (Wildman–Crippen MR) is 225 cm³/mol. The molecule has 6 aromatic rings. The normalized spacial score (nSPS) is 12.0. The van der Waals surface area contributed by atoms with Crippen LogP contribution in [0.5, 0.6) is 5.75 Å². The minimum Gasteiger partial charge on any atom is -0.461 e. The molecule has 6 rings (SSSR count). The van der Waals surface area contributed by atoms with Crippen LogP contribution in [0.25, 0.3) is 27.7 Å². The summed E-state index contributed by atoms with van der Waals surface area (Å²) in [5.41, 5.74) is 11.2. The minimum absolute atomic E-state index is 0.114. The highest BCUT2D eigenvalue weighted by molar-refractivity contribution is 6.08. The zero-order valence-corrected chi connectivity index (χ0v) is 31.3. The molecule has 0 aliphatic rings. The molecule has 2 aromatic heterocycles. The van der Waals surface area contributed by atoms with Gasteiger partial charge in [-0.1, -0.05) is 67.1 Å². The number of amides is 2. The molecule has 0 saturated heterocycles. The van der Waals surface area contributed by atoms with Crippen LogP contribution in [-0.2, 0) is 6.54 Å². The van der Waals surface area contributed by atoms with Crippen LogP contribution in [0, 0.1) is 5.41 Å². The number of aromatic nitrogens is 3. The summed E-state index contributed by atoms with van der Waals surface area (Å²) in [6.45, 7) is 5.80. The largest absolute Gasteiger partial charge is 0.461 e. The van der Waals surface area contributed by atoms with Crippen molar-refractivity contribution in [3.8, 4) is 22.7 Å². The molecule has 0 bridgehead atoms. The van der Waals surface area contributed by atoms with Crippen molar-refractivity contribution < 1.29 is 14.6 Å². The Hall–Kier alpha value is -7.25. The molecule has 2 heterocycles.